The Labute approximate surface area is 114 Å². The molecule has 0 fully saturated rings. The number of hydrogen-bond donors (Lipinski definition) is 1. The Balaban J connectivity index is 2.13. The number of nitrogens with one attached hydrogen (secondary N) is 1. The van der Waals surface area contributed by atoms with Crippen molar-refractivity contribution in [3.05, 3.63) is 15.6 Å². The maximum absolute atomic E-state index is 5.38. The second kappa shape index (κ2) is 6.13. The average molecular weight is 268 g/mol. The molecular weight excluding hydrogens is 244 g/mol. The summed E-state index contributed by atoms with van der Waals surface area (Å²) in [6, 6.07) is 0.548. The van der Waals surface area contributed by atoms with Gasteiger partial charge >= 0.3 is 0 Å². The van der Waals surface area contributed by atoms with Crippen LogP contribution in [0, 0.1) is 0 Å². The summed E-state index contributed by atoms with van der Waals surface area (Å²) in [5.74, 6) is 0.588. The van der Waals surface area contributed by atoms with Gasteiger partial charge in [-0.3, -0.25) is 0 Å². The summed E-state index contributed by atoms with van der Waals surface area (Å²) in [6.07, 6.45) is 3.87. The summed E-state index contributed by atoms with van der Waals surface area (Å²) in [7, 11) is 1.75. The van der Waals surface area contributed by atoms with Crippen molar-refractivity contribution in [3.63, 3.8) is 0 Å². The van der Waals surface area contributed by atoms with Crippen LogP contribution >= 0.6 is 11.3 Å². The molecule has 0 aromatic carbocycles. The second-order valence-electron chi connectivity index (χ2n) is 5.39. The maximum Gasteiger partial charge on any atom is 0.122 e. The second-order valence-corrected chi connectivity index (χ2v) is 6.51. The van der Waals surface area contributed by atoms with Crippen molar-refractivity contribution >= 4 is 11.3 Å². The fraction of sp³-hybridized carbons (Fsp3) is 0.786. The highest BCUT2D eigenvalue weighted by Gasteiger charge is 2.25. The molecule has 1 heterocycles. The minimum absolute atomic E-state index is 0.124. The normalized spacial score (nSPS) is 21.1. The molecule has 1 aliphatic carbocycles. The molecule has 1 aliphatic rings. The van der Waals surface area contributed by atoms with Crippen molar-refractivity contribution in [2.45, 2.75) is 58.1 Å². The van der Waals surface area contributed by atoms with Gasteiger partial charge in [-0.05, 0) is 26.2 Å². The van der Waals surface area contributed by atoms with Gasteiger partial charge in [-0.1, -0.05) is 13.8 Å². The van der Waals surface area contributed by atoms with E-state index in [0.717, 1.165) is 11.6 Å². The number of aromatic nitrogens is 1. The van der Waals surface area contributed by atoms with Crippen LogP contribution in [0.5, 0.6) is 0 Å². The van der Waals surface area contributed by atoms with Crippen LogP contribution in [0.1, 0.15) is 61.2 Å². The topological polar surface area (TPSA) is 34.1 Å². The van der Waals surface area contributed by atoms with Crippen molar-refractivity contribution in [1.82, 2.24) is 10.3 Å². The van der Waals surface area contributed by atoms with E-state index in [4.69, 9.17) is 9.72 Å². The highest BCUT2D eigenvalue weighted by atomic mass is 32.1. The van der Waals surface area contributed by atoms with E-state index in [1.807, 2.05) is 11.3 Å². The third-order valence-electron chi connectivity index (χ3n) is 3.56. The minimum Gasteiger partial charge on any atom is -0.375 e. The first-order chi connectivity index (χ1) is 8.61. The van der Waals surface area contributed by atoms with Crippen LogP contribution in [0.15, 0.2) is 0 Å². The SMILES string of the molecule is COC(C)c1nc2c(s1)CCCC2CNC(C)C. The Hall–Kier alpha value is -0.450. The van der Waals surface area contributed by atoms with Crippen molar-refractivity contribution in [3.8, 4) is 0 Å². The Morgan fingerprint density at radius 1 is 1.44 bits per heavy atom. The quantitative estimate of drug-likeness (QED) is 0.890. The molecule has 0 saturated carbocycles. The van der Waals surface area contributed by atoms with E-state index in [9.17, 15) is 0 Å². The van der Waals surface area contributed by atoms with Crippen molar-refractivity contribution < 1.29 is 4.74 Å². The molecule has 0 amide bonds. The molecular formula is C14H24N2OS. The molecule has 4 heteroatoms. The van der Waals surface area contributed by atoms with Gasteiger partial charge < -0.3 is 10.1 Å². The van der Waals surface area contributed by atoms with Gasteiger partial charge in [0, 0.05) is 30.5 Å². The van der Waals surface area contributed by atoms with Crippen LogP contribution in [-0.4, -0.2) is 24.7 Å². The molecule has 1 aromatic rings. The third kappa shape index (κ3) is 3.11. The number of thiazole rings is 1. The highest BCUT2D eigenvalue weighted by Crippen LogP contribution is 2.36. The lowest BCUT2D eigenvalue weighted by atomic mass is 9.91. The van der Waals surface area contributed by atoms with Gasteiger partial charge in [0.1, 0.15) is 11.1 Å². The average Bonchev–Trinajstić information content (AvgIpc) is 2.79. The van der Waals surface area contributed by atoms with E-state index < -0.39 is 0 Å². The van der Waals surface area contributed by atoms with Crippen molar-refractivity contribution in [1.29, 1.82) is 0 Å². The first-order valence-corrected chi connectivity index (χ1v) is 7.69. The lowest BCUT2D eigenvalue weighted by Gasteiger charge is -2.22. The molecule has 0 aliphatic heterocycles. The zero-order valence-corrected chi connectivity index (χ0v) is 12.6. The summed E-state index contributed by atoms with van der Waals surface area (Å²) >= 11 is 1.84. The van der Waals surface area contributed by atoms with Gasteiger partial charge in [-0.15, -0.1) is 11.3 Å². The maximum atomic E-state index is 5.38. The lowest BCUT2D eigenvalue weighted by Crippen LogP contribution is -2.29. The molecule has 102 valence electrons. The summed E-state index contributed by atoms with van der Waals surface area (Å²) in [4.78, 5) is 6.32. The molecule has 0 saturated heterocycles. The summed E-state index contributed by atoms with van der Waals surface area (Å²) < 4.78 is 5.38. The van der Waals surface area contributed by atoms with Gasteiger partial charge in [0.05, 0.1) is 5.69 Å². The van der Waals surface area contributed by atoms with Crippen LogP contribution in [-0.2, 0) is 11.2 Å². The molecule has 18 heavy (non-hydrogen) atoms. The molecule has 0 bridgehead atoms. The number of nitrogens with zero attached hydrogens (tertiary/aromatic N) is 1. The molecule has 1 N–H and O–H groups in total. The molecule has 1 aromatic heterocycles. The van der Waals surface area contributed by atoms with Crippen LogP contribution in [0.4, 0.5) is 0 Å². The number of fused-ring (bicyclic) bond motifs is 1. The van der Waals surface area contributed by atoms with E-state index in [1.54, 1.807) is 7.11 Å². The van der Waals surface area contributed by atoms with Crippen molar-refractivity contribution in [2.75, 3.05) is 13.7 Å². The lowest BCUT2D eigenvalue weighted by molar-refractivity contribution is 0.119. The molecule has 0 spiro atoms. The summed E-state index contributed by atoms with van der Waals surface area (Å²) in [6.45, 7) is 7.52. The number of aryl methyl sites for hydroxylation is 1. The predicted octanol–water partition coefficient (Wildman–Crippen LogP) is 3.27. The number of hydrogen-bond acceptors (Lipinski definition) is 4. The Morgan fingerprint density at radius 3 is 2.89 bits per heavy atom. The zero-order valence-electron chi connectivity index (χ0n) is 11.8. The Morgan fingerprint density at radius 2 is 2.22 bits per heavy atom. The zero-order chi connectivity index (χ0) is 13.1. The van der Waals surface area contributed by atoms with Crippen molar-refractivity contribution in [2.24, 2.45) is 0 Å². The molecule has 3 nitrogen and oxygen atoms in total. The number of rotatable bonds is 5. The predicted molar refractivity (Wildman–Crippen MR) is 76.4 cm³/mol. The fourth-order valence-electron chi connectivity index (χ4n) is 2.38. The van der Waals surface area contributed by atoms with E-state index in [2.05, 4.69) is 26.1 Å². The van der Waals surface area contributed by atoms with Crippen LogP contribution in [0.25, 0.3) is 0 Å². The smallest absolute Gasteiger partial charge is 0.122 e. The first kappa shape index (κ1) is 14.0. The van der Waals surface area contributed by atoms with Gasteiger partial charge in [-0.2, -0.15) is 0 Å². The van der Waals surface area contributed by atoms with Gasteiger partial charge in [0.25, 0.3) is 0 Å². The van der Waals surface area contributed by atoms with Crippen LogP contribution < -0.4 is 5.32 Å². The standard InChI is InChI=1S/C14H24N2OS/c1-9(2)15-8-11-6-5-7-12-13(11)16-14(18-12)10(3)17-4/h9-11,15H,5-8H2,1-4H3. The van der Waals surface area contributed by atoms with E-state index in [1.165, 1.54) is 29.8 Å². The van der Waals surface area contributed by atoms with E-state index >= 15 is 0 Å². The minimum atomic E-state index is 0.124. The molecule has 2 rings (SSSR count). The Kier molecular flexibility index (Phi) is 4.76. The summed E-state index contributed by atoms with van der Waals surface area (Å²) in [5.41, 5.74) is 1.33. The van der Waals surface area contributed by atoms with Gasteiger partial charge in [0.15, 0.2) is 0 Å². The fourth-order valence-corrected chi connectivity index (χ4v) is 3.60. The van der Waals surface area contributed by atoms with Crippen LogP contribution in [0.2, 0.25) is 0 Å². The number of methoxy groups -OCH3 is 1. The molecule has 2 atom stereocenters. The molecule has 2 unspecified atom stereocenters. The number of ether oxygens (including phenoxy) is 1. The highest BCUT2D eigenvalue weighted by molar-refractivity contribution is 7.11. The van der Waals surface area contributed by atoms with Gasteiger partial charge in [0.2, 0.25) is 0 Å². The van der Waals surface area contributed by atoms with Crippen LogP contribution in [0.3, 0.4) is 0 Å². The largest absolute Gasteiger partial charge is 0.375 e. The monoisotopic (exact) mass is 268 g/mol. The third-order valence-corrected chi connectivity index (χ3v) is 4.85. The van der Waals surface area contributed by atoms with E-state index in [-0.39, 0.29) is 6.10 Å². The molecule has 0 radical (unpaired) electrons. The first-order valence-electron chi connectivity index (χ1n) is 6.87. The van der Waals surface area contributed by atoms with Gasteiger partial charge in [-0.25, -0.2) is 4.98 Å². The Bertz CT molecular complexity index is 389. The van der Waals surface area contributed by atoms with E-state index in [0.29, 0.717) is 12.0 Å². The summed E-state index contributed by atoms with van der Waals surface area (Å²) in [5, 5.41) is 4.68.